The van der Waals surface area contributed by atoms with Gasteiger partial charge in [0, 0.05) is 54.8 Å². The molecule has 130 valence electrons. The zero-order valence-electron chi connectivity index (χ0n) is 14.3. The molecule has 4 aromatic rings. The highest BCUT2D eigenvalue weighted by Gasteiger charge is 2.13. The summed E-state index contributed by atoms with van der Waals surface area (Å²) in [6.07, 6.45) is 7.00. The van der Waals surface area contributed by atoms with Crippen LogP contribution in [-0.4, -0.2) is 31.2 Å². The van der Waals surface area contributed by atoms with Crippen molar-refractivity contribution in [3.8, 4) is 22.3 Å². The van der Waals surface area contributed by atoms with Crippen LogP contribution < -0.4 is 10.2 Å². The summed E-state index contributed by atoms with van der Waals surface area (Å²) in [6, 6.07) is 12.6. The number of anilines is 1. The Morgan fingerprint density at radius 1 is 0.923 bits per heavy atom. The monoisotopic (exact) mass is 345 g/mol. The predicted molar refractivity (Wildman–Crippen MR) is 102 cm³/mol. The first kappa shape index (κ1) is 15.2. The smallest absolute Gasteiger partial charge is 0.153 e. The molecule has 0 atom stereocenters. The molecule has 4 heterocycles. The lowest BCUT2D eigenvalue weighted by Crippen LogP contribution is -2.43. The topological polar surface area (TPSA) is 54.4 Å². The third-order valence-electron chi connectivity index (χ3n) is 4.93. The van der Waals surface area contributed by atoms with E-state index >= 15 is 0 Å². The number of rotatable bonds is 3. The van der Waals surface area contributed by atoms with Gasteiger partial charge >= 0.3 is 0 Å². The highest BCUT2D eigenvalue weighted by molar-refractivity contribution is 5.92. The third kappa shape index (κ3) is 2.66. The number of nitrogens with one attached hydrogen (secondary N) is 1. The number of hydrogen-bond acceptors (Lipinski definition) is 5. The van der Waals surface area contributed by atoms with Gasteiger partial charge < -0.3 is 19.1 Å². The molecule has 1 saturated heterocycles. The van der Waals surface area contributed by atoms with Crippen molar-refractivity contribution < 1.29 is 8.83 Å². The van der Waals surface area contributed by atoms with E-state index in [4.69, 9.17) is 8.83 Å². The Bertz CT molecular complexity index is 1010. The van der Waals surface area contributed by atoms with Crippen molar-refractivity contribution in [3.63, 3.8) is 0 Å². The van der Waals surface area contributed by atoms with Crippen molar-refractivity contribution in [3.05, 3.63) is 61.4 Å². The maximum Gasteiger partial charge on any atom is 0.153 e. The molecule has 0 radical (unpaired) electrons. The predicted octanol–water partition coefficient (Wildman–Crippen LogP) is 4.16. The van der Waals surface area contributed by atoms with E-state index in [1.54, 1.807) is 18.8 Å². The fraction of sp³-hybridized carbons (Fsp3) is 0.190. The summed E-state index contributed by atoms with van der Waals surface area (Å²) in [4.78, 5) is 7.04. The van der Waals surface area contributed by atoms with Gasteiger partial charge in [0.1, 0.15) is 11.8 Å². The maximum atomic E-state index is 5.73. The molecule has 5 heteroatoms. The van der Waals surface area contributed by atoms with Gasteiger partial charge in [0.2, 0.25) is 0 Å². The van der Waals surface area contributed by atoms with Gasteiger partial charge in [-0.3, -0.25) is 4.98 Å². The lowest BCUT2D eigenvalue weighted by Gasteiger charge is -2.29. The minimum atomic E-state index is 0.782. The number of nitrogens with zero attached hydrogens (tertiary/aromatic N) is 2. The van der Waals surface area contributed by atoms with E-state index in [0.29, 0.717) is 0 Å². The number of fused-ring (bicyclic) bond motifs is 1. The molecule has 0 spiro atoms. The lowest BCUT2D eigenvalue weighted by atomic mass is 10.1. The summed E-state index contributed by atoms with van der Waals surface area (Å²) < 4.78 is 10.9. The molecule has 5 nitrogen and oxygen atoms in total. The summed E-state index contributed by atoms with van der Waals surface area (Å²) in [5.41, 5.74) is 7.03. The number of pyridine rings is 1. The number of furan rings is 2. The van der Waals surface area contributed by atoms with Crippen LogP contribution in [0.4, 0.5) is 5.69 Å². The van der Waals surface area contributed by atoms with Crippen LogP contribution in [0.25, 0.3) is 33.4 Å². The minimum absolute atomic E-state index is 0.782. The SMILES string of the molecule is c1cc(-c2coc3cc(-c4ccc(N5CCNCC5)cc4)cnc23)co1. The molecule has 1 aliphatic rings. The van der Waals surface area contributed by atoms with Crippen molar-refractivity contribution in [1.82, 2.24) is 10.3 Å². The summed E-state index contributed by atoms with van der Waals surface area (Å²) >= 11 is 0. The maximum absolute atomic E-state index is 5.73. The molecule has 1 N–H and O–H groups in total. The van der Waals surface area contributed by atoms with Crippen LogP contribution in [0.5, 0.6) is 0 Å². The van der Waals surface area contributed by atoms with E-state index in [-0.39, 0.29) is 0 Å². The fourth-order valence-corrected chi connectivity index (χ4v) is 3.48. The second-order valence-corrected chi connectivity index (χ2v) is 6.52. The quantitative estimate of drug-likeness (QED) is 0.604. The number of piperazine rings is 1. The summed E-state index contributed by atoms with van der Waals surface area (Å²) in [5.74, 6) is 0. The molecule has 5 rings (SSSR count). The van der Waals surface area contributed by atoms with Gasteiger partial charge in [0.05, 0.1) is 12.5 Å². The Kier molecular flexibility index (Phi) is 3.72. The van der Waals surface area contributed by atoms with Crippen LogP contribution in [0.15, 0.2) is 70.2 Å². The van der Waals surface area contributed by atoms with Crippen LogP contribution in [-0.2, 0) is 0 Å². The van der Waals surface area contributed by atoms with Gasteiger partial charge in [-0.25, -0.2) is 0 Å². The summed E-state index contributed by atoms with van der Waals surface area (Å²) in [6.45, 7) is 4.19. The van der Waals surface area contributed by atoms with Gasteiger partial charge in [-0.15, -0.1) is 0 Å². The zero-order chi connectivity index (χ0) is 17.3. The molecule has 0 aliphatic carbocycles. The summed E-state index contributed by atoms with van der Waals surface area (Å²) in [5, 5.41) is 3.38. The van der Waals surface area contributed by atoms with E-state index < -0.39 is 0 Å². The van der Waals surface area contributed by atoms with Gasteiger partial charge in [-0.1, -0.05) is 12.1 Å². The Balaban J connectivity index is 1.45. The second-order valence-electron chi connectivity index (χ2n) is 6.52. The van der Waals surface area contributed by atoms with Crippen LogP contribution in [0.2, 0.25) is 0 Å². The standard InChI is InChI=1S/C21H19N3O2/c1-3-18(24-8-6-22-7-9-24)4-2-15(1)17-11-20-21(23-12-17)19(14-26-20)16-5-10-25-13-16/h1-5,10-14,22H,6-9H2. The number of benzene rings is 1. The molecule has 0 unspecified atom stereocenters. The Morgan fingerprint density at radius 3 is 2.54 bits per heavy atom. The Morgan fingerprint density at radius 2 is 1.77 bits per heavy atom. The van der Waals surface area contributed by atoms with Crippen molar-refractivity contribution in [2.24, 2.45) is 0 Å². The molecule has 0 bridgehead atoms. The van der Waals surface area contributed by atoms with Gasteiger partial charge in [0.25, 0.3) is 0 Å². The molecule has 1 aliphatic heterocycles. The first-order valence-electron chi connectivity index (χ1n) is 8.84. The van der Waals surface area contributed by atoms with E-state index in [1.165, 1.54) is 5.69 Å². The second kappa shape index (κ2) is 6.35. The van der Waals surface area contributed by atoms with Crippen LogP contribution in [0.3, 0.4) is 0 Å². The fourth-order valence-electron chi connectivity index (χ4n) is 3.48. The van der Waals surface area contributed by atoms with Crippen molar-refractivity contribution >= 4 is 16.8 Å². The van der Waals surface area contributed by atoms with Gasteiger partial charge in [-0.2, -0.15) is 0 Å². The first-order valence-corrected chi connectivity index (χ1v) is 8.84. The molecule has 26 heavy (non-hydrogen) atoms. The van der Waals surface area contributed by atoms with Crippen LogP contribution in [0.1, 0.15) is 0 Å². The van der Waals surface area contributed by atoms with Gasteiger partial charge in [0.15, 0.2) is 5.58 Å². The number of aromatic nitrogens is 1. The van der Waals surface area contributed by atoms with Crippen LogP contribution >= 0.6 is 0 Å². The molecular formula is C21H19N3O2. The van der Waals surface area contributed by atoms with E-state index in [0.717, 1.165) is 59.5 Å². The summed E-state index contributed by atoms with van der Waals surface area (Å²) in [7, 11) is 0. The lowest BCUT2D eigenvalue weighted by molar-refractivity contribution is 0.568. The average molecular weight is 345 g/mol. The molecular weight excluding hydrogens is 326 g/mol. The van der Waals surface area contributed by atoms with E-state index in [9.17, 15) is 0 Å². The van der Waals surface area contributed by atoms with E-state index in [1.807, 2.05) is 18.3 Å². The normalized spacial score (nSPS) is 14.8. The highest BCUT2D eigenvalue weighted by Crippen LogP contribution is 2.32. The molecule has 1 fully saturated rings. The molecule has 0 saturated carbocycles. The van der Waals surface area contributed by atoms with Crippen molar-refractivity contribution in [1.29, 1.82) is 0 Å². The van der Waals surface area contributed by atoms with Crippen molar-refractivity contribution in [2.45, 2.75) is 0 Å². The van der Waals surface area contributed by atoms with E-state index in [2.05, 4.69) is 39.5 Å². The van der Waals surface area contributed by atoms with Crippen LogP contribution in [0, 0.1) is 0 Å². The minimum Gasteiger partial charge on any atom is -0.472 e. The first-order chi connectivity index (χ1) is 12.9. The third-order valence-corrected chi connectivity index (χ3v) is 4.93. The highest BCUT2D eigenvalue weighted by atomic mass is 16.3. The average Bonchev–Trinajstić information content (AvgIpc) is 3.38. The number of hydrogen-bond donors (Lipinski definition) is 1. The largest absolute Gasteiger partial charge is 0.472 e. The molecule has 3 aromatic heterocycles. The Hall–Kier alpha value is -3.05. The van der Waals surface area contributed by atoms with Gasteiger partial charge in [-0.05, 0) is 29.8 Å². The molecule has 1 aromatic carbocycles. The van der Waals surface area contributed by atoms with Crippen molar-refractivity contribution in [2.75, 3.05) is 31.1 Å². The molecule has 0 amide bonds. The zero-order valence-corrected chi connectivity index (χ0v) is 14.3. The Labute approximate surface area is 151 Å².